The smallest absolute Gasteiger partial charge is 0.252 e. The molecule has 2 N–H and O–H groups in total. The largest absolute Gasteiger partial charge is 0.486 e. The Morgan fingerprint density at radius 2 is 2.10 bits per heavy atom. The van der Waals surface area contributed by atoms with Crippen LogP contribution in [0.5, 0.6) is 5.75 Å². The monoisotopic (exact) mass is 318 g/mol. The second-order valence-corrected chi connectivity index (χ2v) is 5.66. The van der Waals surface area contributed by atoms with Crippen LogP contribution in [0.15, 0.2) is 42.5 Å². The average Bonchev–Trinajstić information content (AvgIpc) is 2.89. The maximum atomic E-state index is 11.4. The Morgan fingerprint density at radius 1 is 1.29 bits per heavy atom. The summed E-state index contributed by atoms with van der Waals surface area (Å²) in [5.41, 5.74) is 6.43. The predicted octanol–water partition coefficient (Wildman–Crippen LogP) is 3.63. The van der Waals surface area contributed by atoms with Gasteiger partial charge in [-0.25, -0.2) is 0 Å². The minimum Gasteiger partial charge on any atom is -0.486 e. The van der Waals surface area contributed by atoms with Crippen LogP contribution in [0, 0.1) is 0 Å². The van der Waals surface area contributed by atoms with Crippen molar-refractivity contribution in [3.63, 3.8) is 0 Å². The molecule has 1 heterocycles. The Labute approximate surface area is 130 Å². The van der Waals surface area contributed by atoms with Gasteiger partial charge in [0.05, 0.1) is 16.0 Å². The van der Waals surface area contributed by atoms with Gasteiger partial charge in [0.25, 0.3) is 5.91 Å². The van der Waals surface area contributed by atoms with Gasteiger partial charge in [-0.1, -0.05) is 29.8 Å². The lowest BCUT2D eigenvalue weighted by atomic mass is 10.2. The van der Waals surface area contributed by atoms with E-state index >= 15 is 0 Å². The molecule has 0 saturated heterocycles. The van der Waals surface area contributed by atoms with Gasteiger partial charge in [-0.2, -0.15) is 4.37 Å². The molecule has 0 unspecified atom stereocenters. The number of primary amides is 1. The Kier molecular flexibility index (Phi) is 3.77. The van der Waals surface area contributed by atoms with E-state index in [1.54, 1.807) is 12.1 Å². The van der Waals surface area contributed by atoms with Gasteiger partial charge in [-0.05, 0) is 35.8 Å². The summed E-state index contributed by atoms with van der Waals surface area (Å²) in [4.78, 5) is 11.4. The number of rotatable bonds is 4. The zero-order chi connectivity index (χ0) is 14.8. The van der Waals surface area contributed by atoms with E-state index in [1.807, 2.05) is 24.3 Å². The predicted molar refractivity (Wildman–Crippen MR) is 83.9 cm³/mol. The quantitative estimate of drug-likeness (QED) is 0.799. The Bertz CT molecular complexity index is 816. The molecule has 0 radical (unpaired) electrons. The maximum absolute atomic E-state index is 11.4. The van der Waals surface area contributed by atoms with Crippen LogP contribution < -0.4 is 10.5 Å². The second-order valence-electron chi connectivity index (χ2n) is 4.42. The highest BCUT2D eigenvalue weighted by Crippen LogP contribution is 2.26. The zero-order valence-electron chi connectivity index (χ0n) is 10.9. The Morgan fingerprint density at radius 3 is 2.90 bits per heavy atom. The molecule has 0 atom stereocenters. The number of halogens is 1. The van der Waals surface area contributed by atoms with E-state index in [1.165, 1.54) is 17.6 Å². The van der Waals surface area contributed by atoms with E-state index in [9.17, 15) is 4.79 Å². The van der Waals surface area contributed by atoms with Crippen LogP contribution in [0.1, 0.15) is 16.1 Å². The zero-order valence-corrected chi connectivity index (χ0v) is 12.4. The summed E-state index contributed by atoms with van der Waals surface area (Å²) in [6.07, 6.45) is 0. The fourth-order valence-electron chi connectivity index (χ4n) is 2.01. The average molecular weight is 319 g/mol. The van der Waals surface area contributed by atoms with Crippen LogP contribution in [-0.4, -0.2) is 10.3 Å². The van der Waals surface area contributed by atoms with E-state index in [0.29, 0.717) is 10.8 Å². The summed E-state index contributed by atoms with van der Waals surface area (Å²) in [6.45, 7) is 0.270. The SMILES string of the molecule is NC(=O)c1cc(Cl)ccc1OCc1nsc2ccccc12. The molecule has 0 spiro atoms. The summed E-state index contributed by atoms with van der Waals surface area (Å²) < 4.78 is 11.2. The molecule has 0 bridgehead atoms. The molecule has 0 aliphatic rings. The molecular weight excluding hydrogens is 308 g/mol. The Balaban J connectivity index is 1.87. The van der Waals surface area contributed by atoms with Crippen LogP contribution in [0.3, 0.4) is 0 Å². The number of nitrogens with zero attached hydrogens (tertiary/aromatic N) is 1. The van der Waals surface area contributed by atoms with Gasteiger partial charge in [-0.3, -0.25) is 4.79 Å². The fourth-order valence-corrected chi connectivity index (χ4v) is 2.96. The number of benzene rings is 2. The van der Waals surface area contributed by atoms with Gasteiger partial charge in [0, 0.05) is 10.4 Å². The van der Waals surface area contributed by atoms with Crippen LogP contribution in [0.25, 0.3) is 10.1 Å². The van der Waals surface area contributed by atoms with Gasteiger partial charge in [-0.15, -0.1) is 0 Å². The molecule has 1 amide bonds. The van der Waals surface area contributed by atoms with Crippen molar-refractivity contribution >= 4 is 39.1 Å². The molecule has 1 aromatic heterocycles. The van der Waals surface area contributed by atoms with Gasteiger partial charge >= 0.3 is 0 Å². The van der Waals surface area contributed by atoms with Crippen LogP contribution >= 0.6 is 23.1 Å². The third-order valence-corrected chi connectivity index (χ3v) is 4.12. The first-order valence-corrected chi connectivity index (χ1v) is 7.36. The molecular formula is C15H11ClN2O2S. The van der Waals surface area contributed by atoms with E-state index in [2.05, 4.69) is 4.37 Å². The van der Waals surface area contributed by atoms with E-state index < -0.39 is 5.91 Å². The lowest BCUT2D eigenvalue weighted by molar-refractivity contribution is 0.0996. The fraction of sp³-hybridized carbons (Fsp3) is 0.0667. The summed E-state index contributed by atoms with van der Waals surface area (Å²) in [6, 6.07) is 12.7. The van der Waals surface area contributed by atoms with E-state index in [4.69, 9.17) is 22.1 Å². The summed E-state index contributed by atoms with van der Waals surface area (Å²) in [5.74, 6) is -0.167. The van der Waals surface area contributed by atoms with E-state index in [-0.39, 0.29) is 12.2 Å². The number of fused-ring (bicyclic) bond motifs is 1. The van der Waals surface area contributed by atoms with Crippen molar-refractivity contribution < 1.29 is 9.53 Å². The van der Waals surface area contributed by atoms with Gasteiger partial charge in [0.2, 0.25) is 0 Å². The van der Waals surface area contributed by atoms with Crippen molar-refractivity contribution in [2.75, 3.05) is 0 Å². The van der Waals surface area contributed by atoms with Gasteiger partial charge in [0.1, 0.15) is 12.4 Å². The molecule has 4 nitrogen and oxygen atoms in total. The molecule has 3 rings (SSSR count). The summed E-state index contributed by atoms with van der Waals surface area (Å²) in [5, 5.41) is 1.49. The number of ether oxygens (including phenoxy) is 1. The number of hydrogen-bond donors (Lipinski definition) is 1. The highest BCUT2D eigenvalue weighted by Gasteiger charge is 2.12. The standard InChI is InChI=1S/C15H11ClN2O2S/c16-9-5-6-13(11(7-9)15(17)19)20-8-12-10-3-1-2-4-14(10)21-18-12/h1-7H,8H2,(H2,17,19). The maximum Gasteiger partial charge on any atom is 0.252 e. The minimum absolute atomic E-state index is 0.266. The first-order valence-electron chi connectivity index (χ1n) is 6.20. The molecule has 0 fully saturated rings. The summed E-state index contributed by atoms with van der Waals surface area (Å²) in [7, 11) is 0. The number of amides is 1. The first-order chi connectivity index (χ1) is 10.1. The Hall–Kier alpha value is -2.11. The number of nitrogens with two attached hydrogens (primary N) is 1. The molecule has 6 heteroatoms. The second kappa shape index (κ2) is 5.71. The van der Waals surface area contributed by atoms with Crippen LogP contribution in [-0.2, 0) is 6.61 Å². The van der Waals surface area contributed by atoms with Crippen LogP contribution in [0.2, 0.25) is 5.02 Å². The van der Waals surface area contributed by atoms with Crippen molar-refractivity contribution in [3.8, 4) is 5.75 Å². The van der Waals surface area contributed by atoms with Crippen molar-refractivity contribution in [2.24, 2.45) is 5.73 Å². The molecule has 0 saturated carbocycles. The highest BCUT2D eigenvalue weighted by atomic mass is 35.5. The highest BCUT2D eigenvalue weighted by molar-refractivity contribution is 7.13. The molecule has 21 heavy (non-hydrogen) atoms. The third kappa shape index (κ3) is 2.84. The number of carbonyl (C=O) groups is 1. The summed E-state index contributed by atoms with van der Waals surface area (Å²) >= 11 is 7.28. The number of hydrogen-bond acceptors (Lipinski definition) is 4. The van der Waals surface area contributed by atoms with Crippen molar-refractivity contribution in [1.29, 1.82) is 0 Å². The third-order valence-electron chi connectivity index (χ3n) is 3.02. The van der Waals surface area contributed by atoms with Crippen molar-refractivity contribution in [2.45, 2.75) is 6.61 Å². The molecule has 3 aromatic rings. The lowest BCUT2D eigenvalue weighted by Gasteiger charge is -2.09. The first kappa shape index (κ1) is 13.9. The lowest BCUT2D eigenvalue weighted by Crippen LogP contribution is -2.13. The van der Waals surface area contributed by atoms with Crippen molar-refractivity contribution in [1.82, 2.24) is 4.37 Å². The van der Waals surface area contributed by atoms with Gasteiger partial charge in [0.15, 0.2) is 0 Å². The number of aromatic nitrogens is 1. The number of carbonyl (C=O) groups excluding carboxylic acids is 1. The van der Waals surface area contributed by atoms with Gasteiger partial charge < -0.3 is 10.5 Å². The molecule has 2 aromatic carbocycles. The van der Waals surface area contributed by atoms with Crippen molar-refractivity contribution in [3.05, 3.63) is 58.7 Å². The molecule has 0 aliphatic carbocycles. The van der Waals surface area contributed by atoms with Crippen LogP contribution in [0.4, 0.5) is 0 Å². The van der Waals surface area contributed by atoms with E-state index in [0.717, 1.165) is 15.8 Å². The molecule has 0 aliphatic heterocycles. The normalized spacial score (nSPS) is 10.7. The topological polar surface area (TPSA) is 65.2 Å². The molecule has 106 valence electrons. The minimum atomic E-state index is -0.573.